The molecule has 0 aliphatic rings. The van der Waals surface area contributed by atoms with Crippen LogP contribution in [0, 0.1) is 5.82 Å². The van der Waals surface area contributed by atoms with Crippen molar-refractivity contribution in [1.29, 1.82) is 0 Å². The van der Waals surface area contributed by atoms with E-state index in [1.165, 1.54) is 28.5 Å². The number of nitrogens with one attached hydrogen (secondary N) is 1. The maximum absolute atomic E-state index is 12.9. The maximum Gasteiger partial charge on any atom is 0.297 e. The molecule has 128 valence electrons. The lowest BCUT2D eigenvalue weighted by Gasteiger charge is -2.09. The molecule has 0 amide bonds. The van der Waals surface area contributed by atoms with E-state index in [0.29, 0.717) is 21.6 Å². The highest BCUT2D eigenvalue weighted by molar-refractivity contribution is 7.98. The Hall–Kier alpha value is -2.38. The summed E-state index contributed by atoms with van der Waals surface area (Å²) < 4.78 is 14.4. The molecule has 0 fully saturated rings. The second-order valence-corrected chi connectivity index (χ2v) is 6.62. The first-order valence-corrected chi connectivity index (χ1v) is 8.73. The molecule has 0 bridgehead atoms. The molecule has 2 aromatic carbocycles. The second-order valence-electron chi connectivity index (χ2n) is 5.24. The molecule has 0 unspecified atom stereocenters. The van der Waals surface area contributed by atoms with E-state index in [-0.39, 0.29) is 17.2 Å². The van der Waals surface area contributed by atoms with E-state index in [0.717, 1.165) is 5.56 Å². The smallest absolute Gasteiger partial charge is 0.297 e. The Bertz CT molecular complexity index is 929. The Labute approximate surface area is 152 Å². The van der Waals surface area contributed by atoms with E-state index in [9.17, 15) is 9.18 Å². The van der Waals surface area contributed by atoms with Crippen LogP contribution in [0.5, 0.6) is 0 Å². The molecule has 0 spiro atoms. The fourth-order valence-corrected chi connectivity index (χ4v) is 3.04. The molecule has 8 heteroatoms. The summed E-state index contributed by atoms with van der Waals surface area (Å²) in [6, 6.07) is 13.1. The number of thioether (sulfide) groups is 1. The molecule has 5 nitrogen and oxygen atoms in total. The van der Waals surface area contributed by atoms with Crippen molar-refractivity contribution in [3.63, 3.8) is 0 Å². The molecular weight excluding hydrogens is 363 g/mol. The normalized spacial score (nSPS) is 10.7. The number of benzene rings is 2. The van der Waals surface area contributed by atoms with Crippen molar-refractivity contribution >= 4 is 34.9 Å². The lowest BCUT2D eigenvalue weighted by atomic mass is 10.2. The Morgan fingerprint density at radius 3 is 2.48 bits per heavy atom. The highest BCUT2D eigenvalue weighted by Crippen LogP contribution is 2.20. The van der Waals surface area contributed by atoms with Crippen LogP contribution in [0.4, 0.5) is 15.9 Å². The van der Waals surface area contributed by atoms with E-state index in [4.69, 9.17) is 11.6 Å². The minimum Gasteiger partial charge on any atom is -0.334 e. The van der Waals surface area contributed by atoms with Gasteiger partial charge in [-0.3, -0.25) is 9.36 Å². The standard InChI is InChI=1S/C17H14ClFN4OS/c1-23-16(24)15(20-14-8-4-12(18)5-9-14)21-22-17(23)25-10-11-2-6-13(19)7-3-11/h2-9H,10H2,1H3,(H,20,21). The van der Waals surface area contributed by atoms with Gasteiger partial charge in [-0.1, -0.05) is 35.5 Å². The van der Waals surface area contributed by atoms with E-state index in [1.54, 1.807) is 43.4 Å². The van der Waals surface area contributed by atoms with Crippen molar-refractivity contribution in [2.24, 2.45) is 7.05 Å². The molecule has 0 saturated carbocycles. The van der Waals surface area contributed by atoms with Gasteiger partial charge in [-0.15, -0.1) is 10.2 Å². The molecule has 0 radical (unpaired) electrons. The van der Waals surface area contributed by atoms with Crippen LogP contribution < -0.4 is 10.9 Å². The fraction of sp³-hybridized carbons (Fsp3) is 0.118. The van der Waals surface area contributed by atoms with Crippen molar-refractivity contribution in [3.8, 4) is 0 Å². The van der Waals surface area contributed by atoms with Gasteiger partial charge in [-0.2, -0.15) is 0 Å². The van der Waals surface area contributed by atoms with Crippen molar-refractivity contribution in [2.75, 3.05) is 5.32 Å². The van der Waals surface area contributed by atoms with Crippen molar-refractivity contribution in [2.45, 2.75) is 10.9 Å². The summed E-state index contributed by atoms with van der Waals surface area (Å²) in [7, 11) is 1.64. The van der Waals surface area contributed by atoms with Crippen LogP contribution in [0.3, 0.4) is 0 Å². The zero-order chi connectivity index (χ0) is 17.8. The van der Waals surface area contributed by atoms with Gasteiger partial charge in [0.1, 0.15) is 5.82 Å². The van der Waals surface area contributed by atoms with Gasteiger partial charge < -0.3 is 5.32 Å². The molecule has 1 aromatic heterocycles. The predicted molar refractivity (Wildman–Crippen MR) is 98.0 cm³/mol. The largest absolute Gasteiger partial charge is 0.334 e. The first-order chi connectivity index (χ1) is 12.0. The molecule has 0 aliphatic heterocycles. The summed E-state index contributed by atoms with van der Waals surface area (Å²) in [6.07, 6.45) is 0. The highest BCUT2D eigenvalue weighted by atomic mass is 35.5. The van der Waals surface area contributed by atoms with Crippen LogP contribution >= 0.6 is 23.4 Å². The zero-order valence-corrected chi connectivity index (χ0v) is 14.8. The van der Waals surface area contributed by atoms with Gasteiger partial charge in [0, 0.05) is 23.5 Å². The Kier molecular flexibility index (Phi) is 5.35. The summed E-state index contributed by atoms with van der Waals surface area (Å²) in [5.41, 5.74) is 1.35. The van der Waals surface area contributed by atoms with Gasteiger partial charge in [-0.05, 0) is 42.0 Å². The molecule has 1 N–H and O–H groups in total. The minimum atomic E-state index is -0.286. The van der Waals surface area contributed by atoms with Crippen LogP contribution in [0.25, 0.3) is 0 Å². The summed E-state index contributed by atoms with van der Waals surface area (Å²) >= 11 is 7.20. The quantitative estimate of drug-likeness (QED) is 0.682. The first-order valence-electron chi connectivity index (χ1n) is 7.36. The third kappa shape index (κ3) is 4.37. The van der Waals surface area contributed by atoms with Crippen molar-refractivity contribution < 1.29 is 4.39 Å². The van der Waals surface area contributed by atoms with E-state index in [2.05, 4.69) is 15.5 Å². The average Bonchev–Trinajstić information content (AvgIpc) is 2.61. The molecular formula is C17H14ClFN4OS. The number of nitrogens with zero attached hydrogens (tertiary/aromatic N) is 3. The van der Waals surface area contributed by atoms with Crippen molar-refractivity contribution in [1.82, 2.24) is 14.8 Å². The molecule has 3 aromatic rings. The second kappa shape index (κ2) is 7.67. The topological polar surface area (TPSA) is 59.8 Å². The van der Waals surface area contributed by atoms with E-state index in [1.807, 2.05) is 0 Å². The number of rotatable bonds is 5. The highest BCUT2D eigenvalue weighted by Gasteiger charge is 2.10. The third-order valence-corrected chi connectivity index (χ3v) is 4.76. The predicted octanol–water partition coefficient (Wildman–Crippen LogP) is 4.00. The minimum absolute atomic E-state index is 0.135. The lowest BCUT2D eigenvalue weighted by Crippen LogP contribution is -2.24. The monoisotopic (exact) mass is 376 g/mol. The average molecular weight is 377 g/mol. The van der Waals surface area contributed by atoms with Gasteiger partial charge in [0.25, 0.3) is 5.56 Å². The van der Waals surface area contributed by atoms with Crippen LogP contribution in [0.2, 0.25) is 5.02 Å². The Morgan fingerprint density at radius 2 is 1.80 bits per heavy atom. The first kappa shape index (κ1) is 17.4. The SMILES string of the molecule is Cn1c(SCc2ccc(F)cc2)nnc(Nc2ccc(Cl)cc2)c1=O. The van der Waals surface area contributed by atoms with E-state index >= 15 is 0 Å². The number of hydrogen-bond acceptors (Lipinski definition) is 5. The maximum atomic E-state index is 12.9. The van der Waals surface area contributed by atoms with E-state index < -0.39 is 0 Å². The van der Waals surface area contributed by atoms with Crippen LogP contribution in [-0.4, -0.2) is 14.8 Å². The summed E-state index contributed by atoms with van der Waals surface area (Å²) in [5, 5.41) is 12.1. The van der Waals surface area contributed by atoms with Gasteiger partial charge in [0.15, 0.2) is 5.16 Å². The molecule has 0 atom stereocenters. The lowest BCUT2D eigenvalue weighted by molar-refractivity contribution is 0.627. The van der Waals surface area contributed by atoms with Crippen LogP contribution in [0.1, 0.15) is 5.56 Å². The zero-order valence-electron chi connectivity index (χ0n) is 13.2. The summed E-state index contributed by atoms with van der Waals surface area (Å²) in [6.45, 7) is 0. The number of hydrogen-bond donors (Lipinski definition) is 1. The third-order valence-electron chi connectivity index (χ3n) is 3.42. The fourth-order valence-electron chi connectivity index (χ4n) is 2.05. The molecule has 25 heavy (non-hydrogen) atoms. The molecule has 0 aliphatic carbocycles. The van der Waals surface area contributed by atoms with Crippen molar-refractivity contribution in [3.05, 3.63) is 75.3 Å². The van der Waals surface area contributed by atoms with Gasteiger partial charge in [0.05, 0.1) is 0 Å². The number of anilines is 2. The Balaban J connectivity index is 1.74. The Morgan fingerprint density at radius 1 is 1.12 bits per heavy atom. The van der Waals surface area contributed by atoms with Gasteiger partial charge in [0.2, 0.25) is 5.82 Å². The summed E-state index contributed by atoms with van der Waals surface area (Å²) in [4.78, 5) is 12.4. The molecule has 0 saturated heterocycles. The van der Waals surface area contributed by atoms with Gasteiger partial charge >= 0.3 is 0 Å². The van der Waals surface area contributed by atoms with Crippen LogP contribution in [0.15, 0.2) is 58.5 Å². The van der Waals surface area contributed by atoms with Crippen LogP contribution in [-0.2, 0) is 12.8 Å². The number of aromatic nitrogens is 3. The van der Waals surface area contributed by atoms with Gasteiger partial charge in [-0.25, -0.2) is 4.39 Å². The molecule has 1 heterocycles. The number of halogens is 2. The molecule has 3 rings (SSSR count). The summed E-state index contributed by atoms with van der Waals surface area (Å²) in [5.74, 6) is 0.418.